The van der Waals surface area contributed by atoms with Crippen molar-refractivity contribution >= 4 is 11.7 Å². The van der Waals surface area contributed by atoms with Gasteiger partial charge in [0.1, 0.15) is 17.3 Å². The van der Waals surface area contributed by atoms with Gasteiger partial charge in [0, 0.05) is 48.9 Å². The average molecular weight is 479 g/mol. The monoisotopic (exact) mass is 478 g/mol. The number of aromatic hydroxyl groups is 1. The SMILES string of the molecule is COc1ccc(CN2CCCC2c2nc(-c3ccc(N4CCC(C(N)=O)CC4)nc3)no2)c(O)c1. The number of carbonyl (C=O) groups is 1. The molecule has 1 unspecified atom stereocenters. The number of anilines is 1. The first-order valence-electron chi connectivity index (χ1n) is 12.0. The third-order valence-electron chi connectivity index (χ3n) is 6.98. The first kappa shape index (κ1) is 23.1. The second-order valence-electron chi connectivity index (χ2n) is 9.15. The molecule has 0 bridgehead atoms. The third-order valence-corrected chi connectivity index (χ3v) is 6.98. The number of hydrogen-bond acceptors (Lipinski definition) is 9. The minimum Gasteiger partial charge on any atom is -0.507 e. The number of rotatable bonds is 7. The van der Waals surface area contributed by atoms with Gasteiger partial charge in [-0.2, -0.15) is 4.98 Å². The highest BCUT2D eigenvalue weighted by molar-refractivity contribution is 5.77. The second kappa shape index (κ2) is 9.91. The van der Waals surface area contributed by atoms with Crippen molar-refractivity contribution in [2.75, 3.05) is 31.6 Å². The Morgan fingerprint density at radius 2 is 2.03 bits per heavy atom. The summed E-state index contributed by atoms with van der Waals surface area (Å²) < 4.78 is 10.8. The first-order valence-corrected chi connectivity index (χ1v) is 12.0. The van der Waals surface area contributed by atoms with E-state index in [1.807, 2.05) is 24.3 Å². The van der Waals surface area contributed by atoms with Crippen molar-refractivity contribution < 1.29 is 19.2 Å². The zero-order valence-corrected chi connectivity index (χ0v) is 19.8. The number of carbonyl (C=O) groups excluding carboxylic acids is 1. The van der Waals surface area contributed by atoms with Crippen LogP contribution in [0, 0.1) is 5.92 Å². The predicted molar refractivity (Wildman–Crippen MR) is 129 cm³/mol. The Balaban J connectivity index is 1.25. The number of phenolic OH excluding ortho intramolecular Hbond substituents is 1. The molecule has 35 heavy (non-hydrogen) atoms. The fourth-order valence-corrected chi connectivity index (χ4v) is 4.90. The maximum Gasteiger partial charge on any atom is 0.244 e. The van der Waals surface area contributed by atoms with Crippen LogP contribution in [-0.2, 0) is 11.3 Å². The lowest BCUT2D eigenvalue weighted by molar-refractivity contribution is -0.122. The average Bonchev–Trinajstić information content (AvgIpc) is 3.55. The molecule has 1 atom stereocenters. The van der Waals surface area contributed by atoms with Gasteiger partial charge in [-0.15, -0.1) is 0 Å². The standard InChI is InChI=1S/C25H30N6O4/c1-34-19-6-4-18(21(32)13-19)15-31-10-2-3-20(31)25-28-24(29-35-25)17-5-7-22(27-14-17)30-11-8-16(9-12-30)23(26)33/h4-7,13-14,16,20,32H,2-3,8-12,15H2,1H3,(H2,26,33). The van der Waals surface area contributed by atoms with Crippen LogP contribution in [-0.4, -0.2) is 57.8 Å². The van der Waals surface area contributed by atoms with E-state index in [0.29, 0.717) is 24.0 Å². The molecular formula is C25H30N6O4. The molecule has 2 aliphatic rings. The van der Waals surface area contributed by atoms with Crippen LogP contribution >= 0.6 is 0 Å². The van der Waals surface area contributed by atoms with E-state index in [2.05, 4.69) is 24.9 Å². The second-order valence-corrected chi connectivity index (χ2v) is 9.15. The lowest BCUT2D eigenvalue weighted by Crippen LogP contribution is -2.38. The largest absolute Gasteiger partial charge is 0.507 e. The molecule has 1 amide bonds. The van der Waals surface area contributed by atoms with Gasteiger partial charge in [-0.25, -0.2) is 4.98 Å². The smallest absolute Gasteiger partial charge is 0.244 e. The van der Waals surface area contributed by atoms with Gasteiger partial charge in [-0.05, 0) is 50.4 Å². The zero-order valence-electron chi connectivity index (χ0n) is 19.8. The molecule has 4 heterocycles. The normalized spacial score (nSPS) is 19.2. The Bertz CT molecular complexity index is 1170. The van der Waals surface area contributed by atoms with Gasteiger partial charge in [-0.3, -0.25) is 9.69 Å². The number of likely N-dealkylation sites (tertiary alicyclic amines) is 1. The quantitative estimate of drug-likeness (QED) is 0.526. The fraction of sp³-hybridized carbons (Fsp3) is 0.440. The molecule has 2 fully saturated rings. The van der Waals surface area contributed by atoms with E-state index in [9.17, 15) is 9.90 Å². The van der Waals surface area contributed by atoms with Crippen LogP contribution in [0.3, 0.4) is 0 Å². The molecule has 0 radical (unpaired) electrons. The van der Waals surface area contributed by atoms with Gasteiger partial charge in [0.25, 0.3) is 0 Å². The van der Waals surface area contributed by atoms with Crippen molar-refractivity contribution in [3.63, 3.8) is 0 Å². The van der Waals surface area contributed by atoms with Crippen molar-refractivity contribution in [1.82, 2.24) is 20.0 Å². The van der Waals surface area contributed by atoms with Crippen LogP contribution in [0.4, 0.5) is 5.82 Å². The molecule has 2 saturated heterocycles. The summed E-state index contributed by atoms with van der Waals surface area (Å²) in [7, 11) is 1.58. The minimum atomic E-state index is -0.220. The summed E-state index contributed by atoms with van der Waals surface area (Å²) in [6, 6.07) is 9.25. The Morgan fingerprint density at radius 1 is 1.20 bits per heavy atom. The molecular weight excluding hydrogens is 448 g/mol. The molecule has 0 aliphatic carbocycles. The topological polar surface area (TPSA) is 131 Å². The van der Waals surface area contributed by atoms with E-state index in [-0.39, 0.29) is 23.6 Å². The summed E-state index contributed by atoms with van der Waals surface area (Å²) in [5, 5.41) is 14.6. The van der Waals surface area contributed by atoms with Gasteiger partial charge in [0.2, 0.25) is 17.6 Å². The molecule has 3 N–H and O–H groups in total. The number of primary amides is 1. The van der Waals surface area contributed by atoms with E-state index in [1.165, 1.54) is 0 Å². The number of methoxy groups -OCH3 is 1. The number of amides is 1. The zero-order chi connectivity index (χ0) is 24.4. The van der Waals surface area contributed by atoms with E-state index >= 15 is 0 Å². The van der Waals surface area contributed by atoms with Crippen molar-refractivity contribution in [3.8, 4) is 22.9 Å². The lowest BCUT2D eigenvalue weighted by Gasteiger charge is -2.31. The van der Waals surface area contributed by atoms with Crippen LogP contribution < -0.4 is 15.4 Å². The van der Waals surface area contributed by atoms with Gasteiger partial charge in [-0.1, -0.05) is 11.2 Å². The Kier molecular flexibility index (Phi) is 6.54. The predicted octanol–water partition coefficient (Wildman–Crippen LogP) is 2.88. The van der Waals surface area contributed by atoms with Crippen molar-refractivity contribution in [2.45, 2.75) is 38.3 Å². The molecule has 1 aromatic carbocycles. The van der Waals surface area contributed by atoms with Crippen molar-refractivity contribution in [3.05, 3.63) is 48.0 Å². The number of ether oxygens (including phenoxy) is 1. The summed E-state index contributed by atoms with van der Waals surface area (Å²) in [4.78, 5) is 25.1. The maximum absolute atomic E-state index is 11.4. The molecule has 2 aromatic heterocycles. The summed E-state index contributed by atoms with van der Waals surface area (Å²) in [5.74, 6) is 2.51. The van der Waals surface area contributed by atoms with Crippen LogP contribution in [0.1, 0.15) is 43.2 Å². The number of hydrogen-bond donors (Lipinski definition) is 2. The lowest BCUT2D eigenvalue weighted by atomic mass is 9.96. The van der Waals surface area contributed by atoms with Crippen LogP contribution in [0.15, 0.2) is 41.1 Å². The maximum atomic E-state index is 11.4. The number of aromatic nitrogens is 3. The Labute approximate surface area is 203 Å². The number of benzene rings is 1. The minimum absolute atomic E-state index is 0.00321. The van der Waals surface area contributed by atoms with Crippen molar-refractivity contribution in [1.29, 1.82) is 0 Å². The number of pyridine rings is 1. The Hall–Kier alpha value is -3.66. The van der Waals surface area contributed by atoms with Gasteiger partial charge in [0.05, 0.1) is 13.2 Å². The number of nitrogens with zero attached hydrogens (tertiary/aromatic N) is 5. The van der Waals surface area contributed by atoms with E-state index in [1.54, 1.807) is 19.4 Å². The first-order chi connectivity index (χ1) is 17.0. The van der Waals surface area contributed by atoms with Crippen LogP contribution in [0.2, 0.25) is 0 Å². The van der Waals surface area contributed by atoms with Gasteiger partial charge < -0.3 is 25.0 Å². The Morgan fingerprint density at radius 3 is 2.71 bits per heavy atom. The van der Waals surface area contributed by atoms with Crippen LogP contribution in [0.5, 0.6) is 11.5 Å². The molecule has 10 heteroatoms. The van der Waals surface area contributed by atoms with Gasteiger partial charge in [0.15, 0.2) is 0 Å². The van der Waals surface area contributed by atoms with E-state index in [0.717, 1.165) is 62.3 Å². The number of piperidine rings is 1. The van der Waals surface area contributed by atoms with E-state index in [4.69, 9.17) is 15.0 Å². The molecule has 184 valence electrons. The third kappa shape index (κ3) is 4.93. The molecule has 3 aromatic rings. The summed E-state index contributed by atoms with van der Waals surface area (Å²) in [5.41, 5.74) is 7.05. The highest BCUT2D eigenvalue weighted by atomic mass is 16.5. The van der Waals surface area contributed by atoms with Gasteiger partial charge >= 0.3 is 0 Å². The van der Waals surface area contributed by atoms with Crippen molar-refractivity contribution in [2.24, 2.45) is 11.7 Å². The number of nitrogens with two attached hydrogens (primary N) is 1. The highest BCUT2D eigenvalue weighted by Gasteiger charge is 2.31. The van der Waals surface area contributed by atoms with E-state index < -0.39 is 0 Å². The molecule has 0 spiro atoms. The summed E-state index contributed by atoms with van der Waals surface area (Å²) in [6.45, 7) is 2.98. The molecule has 10 nitrogen and oxygen atoms in total. The fourth-order valence-electron chi connectivity index (χ4n) is 4.90. The summed E-state index contributed by atoms with van der Waals surface area (Å²) >= 11 is 0. The summed E-state index contributed by atoms with van der Waals surface area (Å²) in [6.07, 6.45) is 5.18. The molecule has 2 aliphatic heterocycles. The number of phenols is 1. The van der Waals surface area contributed by atoms with Crippen LogP contribution in [0.25, 0.3) is 11.4 Å². The molecule has 0 saturated carbocycles. The highest BCUT2D eigenvalue weighted by Crippen LogP contribution is 2.35. The molecule has 5 rings (SSSR count).